The SMILES string of the molecule is COc1ccc(C[C@@H](NC(=O)OC(C)(C)C)/C(C)=C/[C@@H](CCCO[Si](C)(C)C(C)(C)C)C(=O)OC(C)(C)C)cc1. The van der Waals surface area contributed by atoms with Gasteiger partial charge in [-0.2, -0.15) is 0 Å². The summed E-state index contributed by atoms with van der Waals surface area (Å²) in [6.45, 7) is 24.8. The molecule has 1 N–H and O–H groups in total. The van der Waals surface area contributed by atoms with E-state index in [1.165, 1.54) is 0 Å². The summed E-state index contributed by atoms with van der Waals surface area (Å²) in [5.41, 5.74) is 0.649. The molecule has 0 fully saturated rings. The Morgan fingerprint density at radius 2 is 1.48 bits per heavy atom. The third kappa shape index (κ3) is 13.4. The highest BCUT2D eigenvalue weighted by Gasteiger charge is 2.37. The van der Waals surface area contributed by atoms with Gasteiger partial charge in [-0.1, -0.05) is 44.6 Å². The lowest BCUT2D eigenvalue weighted by molar-refractivity contribution is -0.158. The first-order valence-corrected chi connectivity index (χ1v) is 17.2. The first-order valence-electron chi connectivity index (χ1n) is 14.3. The van der Waals surface area contributed by atoms with Crippen molar-refractivity contribution < 1.29 is 28.2 Å². The van der Waals surface area contributed by atoms with Crippen LogP contribution in [0.2, 0.25) is 18.1 Å². The van der Waals surface area contributed by atoms with Gasteiger partial charge in [-0.15, -0.1) is 0 Å². The number of esters is 1. The molecule has 0 radical (unpaired) electrons. The number of alkyl carbamates (subject to hydrolysis) is 1. The molecule has 0 aliphatic heterocycles. The molecular weight excluding hydrogens is 522 g/mol. The molecule has 1 amide bonds. The van der Waals surface area contributed by atoms with E-state index in [4.69, 9.17) is 18.6 Å². The zero-order valence-corrected chi connectivity index (χ0v) is 28.3. The third-order valence-electron chi connectivity index (χ3n) is 6.94. The van der Waals surface area contributed by atoms with Crippen LogP contribution in [-0.4, -0.2) is 51.3 Å². The van der Waals surface area contributed by atoms with Crippen molar-refractivity contribution in [1.29, 1.82) is 0 Å². The van der Waals surface area contributed by atoms with Gasteiger partial charge in [0.25, 0.3) is 0 Å². The number of ether oxygens (including phenoxy) is 3. The van der Waals surface area contributed by atoms with Crippen molar-refractivity contribution in [3.05, 3.63) is 41.5 Å². The van der Waals surface area contributed by atoms with Crippen LogP contribution < -0.4 is 10.1 Å². The van der Waals surface area contributed by atoms with Crippen molar-refractivity contribution in [3.63, 3.8) is 0 Å². The number of benzene rings is 1. The van der Waals surface area contributed by atoms with Crippen LogP contribution in [0.1, 0.15) is 87.6 Å². The van der Waals surface area contributed by atoms with E-state index in [-0.39, 0.29) is 17.0 Å². The van der Waals surface area contributed by atoms with Gasteiger partial charge in [0.1, 0.15) is 17.0 Å². The van der Waals surface area contributed by atoms with E-state index >= 15 is 0 Å². The topological polar surface area (TPSA) is 83.1 Å². The van der Waals surface area contributed by atoms with Gasteiger partial charge in [-0.3, -0.25) is 4.79 Å². The highest BCUT2D eigenvalue weighted by Crippen LogP contribution is 2.36. The van der Waals surface area contributed by atoms with Crippen LogP contribution in [0, 0.1) is 5.92 Å². The first-order chi connectivity index (χ1) is 18.1. The molecule has 0 spiro atoms. The van der Waals surface area contributed by atoms with Crippen molar-refractivity contribution in [2.45, 2.75) is 124 Å². The molecule has 0 aliphatic carbocycles. The minimum Gasteiger partial charge on any atom is -0.497 e. The lowest BCUT2D eigenvalue weighted by Crippen LogP contribution is -2.41. The maximum Gasteiger partial charge on any atom is 0.408 e. The van der Waals surface area contributed by atoms with Gasteiger partial charge in [0.15, 0.2) is 8.32 Å². The van der Waals surface area contributed by atoms with Crippen LogP contribution in [0.25, 0.3) is 0 Å². The Morgan fingerprint density at radius 1 is 0.925 bits per heavy atom. The predicted octanol–water partition coefficient (Wildman–Crippen LogP) is 7.84. The molecular formula is C32H55NO6Si. The molecule has 1 aromatic rings. The number of hydrogen-bond donors (Lipinski definition) is 1. The molecule has 0 saturated heterocycles. The maximum atomic E-state index is 13.3. The Morgan fingerprint density at radius 3 is 1.95 bits per heavy atom. The summed E-state index contributed by atoms with van der Waals surface area (Å²) in [6, 6.07) is 7.35. The van der Waals surface area contributed by atoms with Crippen molar-refractivity contribution >= 4 is 20.4 Å². The Kier molecular flexibility index (Phi) is 13.0. The predicted molar refractivity (Wildman–Crippen MR) is 165 cm³/mol. The fraction of sp³-hybridized carbons (Fsp3) is 0.688. The summed E-state index contributed by atoms with van der Waals surface area (Å²) in [4.78, 5) is 26.1. The summed E-state index contributed by atoms with van der Waals surface area (Å²) in [5.74, 6) is 0.0123. The second kappa shape index (κ2) is 14.5. The normalized spacial score (nSPS) is 14.8. The average Bonchev–Trinajstić information content (AvgIpc) is 2.77. The smallest absolute Gasteiger partial charge is 0.408 e. The molecule has 1 aromatic carbocycles. The summed E-state index contributed by atoms with van der Waals surface area (Å²) >= 11 is 0. The zero-order valence-electron chi connectivity index (χ0n) is 27.3. The van der Waals surface area contributed by atoms with Gasteiger partial charge in [0.2, 0.25) is 0 Å². The van der Waals surface area contributed by atoms with Gasteiger partial charge in [-0.05, 0) is 104 Å². The van der Waals surface area contributed by atoms with Gasteiger partial charge < -0.3 is 24.0 Å². The van der Waals surface area contributed by atoms with Gasteiger partial charge in [0, 0.05) is 6.61 Å². The zero-order chi connectivity index (χ0) is 30.9. The van der Waals surface area contributed by atoms with E-state index in [2.05, 4.69) is 39.2 Å². The first kappa shape index (κ1) is 35.7. The largest absolute Gasteiger partial charge is 0.497 e. The lowest BCUT2D eigenvalue weighted by atomic mass is 9.94. The van der Waals surface area contributed by atoms with Gasteiger partial charge >= 0.3 is 12.1 Å². The Balaban J connectivity index is 3.22. The van der Waals surface area contributed by atoms with Crippen molar-refractivity contribution in [1.82, 2.24) is 5.32 Å². The number of hydrogen-bond acceptors (Lipinski definition) is 6. The highest BCUT2D eigenvalue weighted by atomic mass is 28.4. The molecule has 0 heterocycles. The average molecular weight is 578 g/mol. The summed E-state index contributed by atoms with van der Waals surface area (Å²) in [5, 5.41) is 3.14. The van der Waals surface area contributed by atoms with E-state index in [9.17, 15) is 9.59 Å². The van der Waals surface area contributed by atoms with Gasteiger partial charge in [-0.25, -0.2) is 4.79 Å². The number of rotatable bonds is 12. The monoisotopic (exact) mass is 577 g/mol. The Labute approximate surface area is 244 Å². The second-order valence-corrected chi connectivity index (χ2v) is 18.9. The number of carbonyl (C=O) groups excluding carboxylic acids is 2. The van der Waals surface area contributed by atoms with Crippen LogP contribution in [0.4, 0.5) is 4.79 Å². The molecule has 2 atom stereocenters. The van der Waals surface area contributed by atoms with Crippen LogP contribution in [0.3, 0.4) is 0 Å². The standard InChI is InChI=1S/C32H55NO6Si/c1-23(27(33-29(35)39-31(5,6)7)22-24-16-18-26(36-11)19-17-24)21-25(28(34)38-30(2,3)4)15-14-20-37-40(12,13)32(8,9)10/h16-19,21,25,27H,14-15,20,22H2,1-13H3,(H,33,35)/b23-21+/t25-,27-/m1/s1. The maximum absolute atomic E-state index is 13.3. The lowest BCUT2D eigenvalue weighted by Gasteiger charge is -2.36. The number of amides is 1. The van der Waals surface area contributed by atoms with Gasteiger partial charge in [0.05, 0.1) is 19.1 Å². The van der Waals surface area contributed by atoms with Crippen molar-refractivity contribution in [2.75, 3.05) is 13.7 Å². The fourth-order valence-electron chi connectivity index (χ4n) is 3.70. The van der Waals surface area contributed by atoms with Crippen LogP contribution in [0.5, 0.6) is 5.75 Å². The summed E-state index contributed by atoms with van der Waals surface area (Å²) in [6.07, 6.45) is 3.27. The molecule has 1 rings (SSSR count). The van der Waals surface area contributed by atoms with Crippen molar-refractivity contribution in [2.24, 2.45) is 5.92 Å². The molecule has 0 saturated carbocycles. The van der Waals surface area contributed by atoms with E-state index in [0.717, 1.165) is 23.3 Å². The molecule has 40 heavy (non-hydrogen) atoms. The number of nitrogens with one attached hydrogen (secondary N) is 1. The van der Waals surface area contributed by atoms with E-state index < -0.39 is 31.5 Å². The summed E-state index contributed by atoms with van der Waals surface area (Å²) < 4.78 is 23.0. The minimum absolute atomic E-state index is 0.121. The Bertz CT molecular complexity index is 981. The third-order valence-corrected chi connectivity index (χ3v) is 11.5. The quantitative estimate of drug-likeness (QED) is 0.118. The van der Waals surface area contributed by atoms with Crippen LogP contribution >= 0.6 is 0 Å². The van der Waals surface area contributed by atoms with Crippen LogP contribution in [0.15, 0.2) is 35.9 Å². The molecule has 8 heteroatoms. The Hall–Kier alpha value is -2.32. The molecule has 0 unspecified atom stereocenters. The molecule has 228 valence electrons. The van der Waals surface area contributed by atoms with E-state index in [1.807, 2.05) is 78.8 Å². The minimum atomic E-state index is -1.88. The fourth-order valence-corrected chi connectivity index (χ4v) is 4.79. The molecule has 0 bridgehead atoms. The summed E-state index contributed by atoms with van der Waals surface area (Å²) in [7, 11) is -0.255. The highest BCUT2D eigenvalue weighted by molar-refractivity contribution is 6.74. The second-order valence-electron chi connectivity index (χ2n) is 14.1. The molecule has 7 nitrogen and oxygen atoms in total. The molecule has 0 aliphatic rings. The number of carbonyl (C=O) groups is 2. The van der Waals surface area contributed by atoms with E-state index in [1.54, 1.807) is 7.11 Å². The molecule has 0 aromatic heterocycles. The number of methoxy groups -OCH3 is 1. The van der Waals surface area contributed by atoms with Crippen LogP contribution in [-0.2, 0) is 25.1 Å². The van der Waals surface area contributed by atoms with E-state index in [0.29, 0.717) is 19.4 Å². The van der Waals surface area contributed by atoms with Crippen molar-refractivity contribution in [3.8, 4) is 5.75 Å².